The summed E-state index contributed by atoms with van der Waals surface area (Å²) in [4.78, 5) is 11.6. The van der Waals surface area contributed by atoms with Crippen molar-refractivity contribution >= 4 is 5.91 Å². The van der Waals surface area contributed by atoms with E-state index in [0.29, 0.717) is 25.9 Å². The van der Waals surface area contributed by atoms with E-state index in [1.54, 1.807) is 6.07 Å². The normalized spacial score (nSPS) is 11.4. The first-order chi connectivity index (χ1) is 8.87. The van der Waals surface area contributed by atoms with E-state index >= 15 is 0 Å². The zero-order valence-electron chi connectivity index (χ0n) is 11.9. The predicted molar refractivity (Wildman–Crippen MR) is 75.5 cm³/mol. The molecule has 0 aromatic heterocycles. The van der Waals surface area contributed by atoms with Crippen molar-refractivity contribution in [1.29, 1.82) is 0 Å². The Morgan fingerprint density at radius 3 is 2.63 bits per heavy atom. The highest BCUT2D eigenvalue weighted by atomic mass is 19.1. The maximum atomic E-state index is 12.9. The van der Waals surface area contributed by atoms with E-state index in [4.69, 9.17) is 0 Å². The molecule has 106 valence electrons. The van der Waals surface area contributed by atoms with Gasteiger partial charge in [0.2, 0.25) is 5.91 Å². The largest absolute Gasteiger partial charge is 0.356 e. The van der Waals surface area contributed by atoms with Crippen molar-refractivity contribution in [2.75, 3.05) is 13.1 Å². The van der Waals surface area contributed by atoms with Crippen LogP contribution in [0.3, 0.4) is 0 Å². The van der Waals surface area contributed by atoms with E-state index in [-0.39, 0.29) is 17.3 Å². The first kappa shape index (κ1) is 15.6. The summed E-state index contributed by atoms with van der Waals surface area (Å²) in [6.45, 7) is 7.39. The molecule has 0 saturated carbocycles. The first-order valence-electron chi connectivity index (χ1n) is 6.63. The number of carbonyl (C=O) groups is 1. The van der Waals surface area contributed by atoms with Gasteiger partial charge >= 0.3 is 0 Å². The zero-order chi connectivity index (χ0) is 14.3. The van der Waals surface area contributed by atoms with Crippen LogP contribution in [-0.4, -0.2) is 24.5 Å². The molecule has 19 heavy (non-hydrogen) atoms. The van der Waals surface area contributed by atoms with Crippen LogP contribution in [0.1, 0.15) is 32.8 Å². The molecule has 0 spiro atoms. The molecule has 0 fully saturated rings. The van der Waals surface area contributed by atoms with Gasteiger partial charge < -0.3 is 10.6 Å². The second-order valence-corrected chi connectivity index (χ2v) is 5.66. The lowest BCUT2D eigenvalue weighted by Gasteiger charge is -2.20. The molecule has 1 aromatic carbocycles. The quantitative estimate of drug-likeness (QED) is 0.829. The molecule has 0 saturated heterocycles. The number of amides is 1. The fraction of sp³-hybridized carbons (Fsp3) is 0.533. The van der Waals surface area contributed by atoms with Gasteiger partial charge in [0.1, 0.15) is 5.82 Å². The molecule has 3 nitrogen and oxygen atoms in total. The van der Waals surface area contributed by atoms with E-state index in [0.717, 1.165) is 5.56 Å². The summed E-state index contributed by atoms with van der Waals surface area (Å²) in [5.74, 6) is -0.216. The minimum absolute atomic E-state index is 0.0214. The van der Waals surface area contributed by atoms with Gasteiger partial charge in [-0.1, -0.05) is 12.1 Å². The molecule has 1 aromatic rings. The number of hydrogen-bond donors (Lipinski definition) is 2. The third-order valence-corrected chi connectivity index (χ3v) is 2.63. The highest BCUT2D eigenvalue weighted by Crippen LogP contribution is 2.03. The SMILES string of the molecule is CC(C)(C)NCCC(=O)NCCc1cccc(F)c1. The molecule has 0 aliphatic rings. The van der Waals surface area contributed by atoms with Crippen LogP contribution in [0.15, 0.2) is 24.3 Å². The van der Waals surface area contributed by atoms with Crippen LogP contribution in [0.2, 0.25) is 0 Å². The van der Waals surface area contributed by atoms with Crippen LogP contribution in [0.4, 0.5) is 4.39 Å². The summed E-state index contributed by atoms with van der Waals surface area (Å²) in [5, 5.41) is 6.09. The molecule has 0 bridgehead atoms. The Morgan fingerprint density at radius 1 is 1.26 bits per heavy atom. The van der Waals surface area contributed by atoms with Crippen molar-refractivity contribution in [2.45, 2.75) is 39.2 Å². The third kappa shape index (κ3) is 7.57. The smallest absolute Gasteiger partial charge is 0.221 e. The zero-order valence-corrected chi connectivity index (χ0v) is 11.9. The van der Waals surface area contributed by atoms with Gasteiger partial charge in [-0.15, -0.1) is 0 Å². The van der Waals surface area contributed by atoms with Crippen LogP contribution in [0.5, 0.6) is 0 Å². The topological polar surface area (TPSA) is 41.1 Å². The summed E-state index contributed by atoms with van der Waals surface area (Å²) >= 11 is 0. The van der Waals surface area contributed by atoms with Gasteiger partial charge in [-0.3, -0.25) is 4.79 Å². The van der Waals surface area contributed by atoms with Crippen molar-refractivity contribution in [3.05, 3.63) is 35.6 Å². The third-order valence-electron chi connectivity index (χ3n) is 2.63. The minimum Gasteiger partial charge on any atom is -0.356 e. The van der Waals surface area contributed by atoms with E-state index in [2.05, 4.69) is 31.4 Å². The van der Waals surface area contributed by atoms with Crippen LogP contribution < -0.4 is 10.6 Å². The molecule has 4 heteroatoms. The molecular weight excluding hydrogens is 243 g/mol. The van der Waals surface area contributed by atoms with Gasteiger partial charge in [-0.25, -0.2) is 4.39 Å². The molecule has 0 aliphatic carbocycles. The fourth-order valence-corrected chi connectivity index (χ4v) is 1.68. The lowest BCUT2D eigenvalue weighted by Crippen LogP contribution is -2.38. The van der Waals surface area contributed by atoms with E-state index in [9.17, 15) is 9.18 Å². The Bertz CT molecular complexity index is 413. The van der Waals surface area contributed by atoms with E-state index in [1.165, 1.54) is 12.1 Å². The number of halogens is 1. The summed E-state index contributed by atoms with van der Waals surface area (Å²) in [6, 6.07) is 6.45. The highest BCUT2D eigenvalue weighted by Gasteiger charge is 2.09. The second-order valence-electron chi connectivity index (χ2n) is 5.66. The van der Waals surface area contributed by atoms with E-state index < -0.39 is 0 Å². The Kier molecular flexibility index (Phi) is 5.96. The maximum absolute atomic E-state index is 12.9. The molecule has 1 amide bonds. The molecule has 0 atom stereocenters. The Morgan fingerprint density at radius 2 is 2.00 bits per heavy atom. The van der Waals surface area contributed by atoms with Crippen LogP contribution in [0.25, 0.3) is 0 Å². The lowest BCUT2D eigenvalue weighted by molar-refractivity contribution is -0.121. The molecular formula is C15H23FN2O. The molecule has 0 aliphatic heterocycles. The average Bonchev–Trinajstić information content (AvgIpc) is 2.27. The number of benzene rings is 1. The summed E-state index contributed by atoms with van der Waals surface area (Å²) in [5.41, 5.74) is 0.926. The van der Waals surface area contributed by atoms with Crippen molar-refractivity contribution in [2.24, 2.45) is 0 Å². The molecule has 2 N–H and O–H groups in total. The van der Waals surface area contributed by atoms with Crippen molar-refractivity contribution in [3.63, 3.8) is 0 Å². The summed E-state index contributed by atoms with van der Waals surface area (Å²) < 4.78 is 12.9. The maximum Gasteiger partial charge on any atom is 0.221 e. The standard InChI is InChI=1S/C15H23FN2O/c1-15(2,3)18-10-8-14(19)17-9-7-12-5-4-6-13(16)11-12/h4-6,11,18H,7-10H2,1-3H3,(H,17,19). The van der Waals surface area contributed by atoms with Gasteiger partial charge in [0.15, 0.2) is 0 Å². The van der Waals surface area contributed by atoms with Crippen molar-refractivity contribution in [3.8, 4) is 0 Å². The Labute approximate surface area is 114 Å². The molecule has 0 radical (unpaired) electrons. The van der Waals surface area contributed by atoms with Crippen molar-refractivity contribution in [1.82, 2.24) is 10.6 Å². The monoisotopic (exact) mass is 266 g/mol. The highest BCUT2D eigenvalue weighted by molar-refractivity contribution is 5.76. The average molecular weight is 266 g/mol. The van der Waals surface area contributed by atoms with Crippen LogP contribution >= 0.6 is 0 Å². The Hall–Kier alpha value is -1.42. The van der Waals surface area contributed by atoms with Crippen molar-refractivity contribution < 1.29 is 9.18 Å². The molecule has 0 heterocycles. The number of rotatable bonds is 6. The molecule has 0 unspecified atom stereocenters. The Balaban J connectivity index is 2.17. The van der Waals surface area contributed by atoms with Gasteiger partial charge in [0, 0.05) is 25.0 Å². The fourth-order valence-electron chi connectivity index (χ4n) is 1.68. The van der Waals surface area contributed by atoms with Gasteiger partial charge in [0.05, 0.1) is 0 Å². The number of carbonyl (C=O) groups excluding carboxylic acids is 1. The van der Waals surface area contributed by atoms with E-state index in [1.807, 2.05) is 6.07 Å². The minimum atomic E-state index is -0.238. The molecule has 1 rings (SSSR count). The van der Waals surface area contributed by atoms with Gasteiger partial charge in [-0.05, 0) is 44.9 Å². The van der Waals surface area contributed by atoms with Gasteiger partial charge in [0.25, 0.3) is 0 Å². The number of nitrogens with one attached hydrogen (secondary N) is 2. The summed E-state index contributed by atoms with van der Waals surface area (Å²) in [6.07, 6.45) is 1.11. The predicted octanol–water partition coefficient (Wildman–Crippen LogP) is 2.26. The second kappa shape index (κ2) is 7.24. The first-order valence-corrected chi connectivity index (χ1v) is 6.63. The summed E-state index contributed by atoms with van der Waals surface area (Å²) in [7, 11) is 0. The lowest BCUT2D eigenvalue weighted by atomic mass is 10.1. The number of hydrogen-bond acceptors (Lipinski definition) is 2. The van der Waals surface area contributed by atoms with Crippen LogP contribution in [-0.2, 0) is 11.2 Å². The van der Waals surface area contributed by atoms with Gasteiger partial charge in [-0.2, -0.15) is 0 Å². The van der Waals surface area contributed by atoms with Crippen LogP contribution in [0, 0.1) is 5.82 Å².